The maximum atomic E-state index is 6.31. The van der Waals surface area contributed by atoms with Gasteiger partial charge in [0, 0.05) is 49.8 Å². The van der Waals surface area contributed by atoms with Gasteiger partial charge in [-0.1, -0.05) is 84.9 Å². The van der Waals surface area contributed by atoms with E-state index >= 15 is 0 Å². The Balaban J connectivity index is 1.32. The molecule has 0 amide bonds. The van der Waals surface area contributed by atoms with Crippen LogP contribution in [0, 0.1) is 0 Å². The molecule has 10 rings (SSSR count). The SMILES string of the molecule is c1ccc2cc(-n3c4ccccc4c4c5c6ccccc6n(-c6ccc7c(c6)oc6ccccc67)c5ccc43)ccc2c1. The number of benzene rings is 7. The van der Waals surface area contributed by atoms with E-state index in [9.17, 15) is 0 Å². The van der Waals surface area contributed by atoms with Crippen LogP contribution in [0.1, 0.15) is 0 Å². The first-order chi connectivity index (χ1) is 21.3. The molecule has 0 aliphatic carbocycles. The highest BCUT2D eigenvalue weighted by molar-refractivity contribution is 6.29. The normalized spacial score (nSPS) is 12.2. The number of hydrogen-bond acceptors (Lipinski definition) is 1. The Bertz CT molecular complexity index is 2740. The van der Waals surface area contributed by atoms with E-state index in [1.54, 1.807) is 0 Å². The van der Waals surface area contributed by atoms with Crippen LogP contribution in [0.25, 0.3) is 87.7 Å². The molecule has 10 aromatic rings. The zero-order chi connectivity index (χ0) is 28.1. The third-order valence-electron chi connectivity index (χ3n) is 9.08. The van der Waals surface area contributed by atoms with Gasteiger partial charge in [-0.3, -0.25) is 0 Å². The molecule has 200 valence electrons. The average molecular weight is 549 g/mol. The molecular formula is C40H24N2O. The fourth-order valence-corrected chi connectivity index (χ4v) is 7.24. The fourth-order valence-electron chi connectivity index (χ4n) is 7.24. The Labute approximate surface area is 246 Å². The molecule has 0 unspecified atom stereocenters. The lowest BCUT2D eigenvalue weighted by Gasteiger charge is -2.10. The topological polar surface area (TPSA) is 23.0 Å². The monoisotopic (exact) mass is 548 g/mol. The summed E-state index contributed by atoms with van der Waals surface area (Å²) in [5, 5.41) is 9.83. The maximum Gasteiger partial charge on any atom is 0.137 e. The van der Waals surface area contributed by atoms with Crippen LogP contribution >= 0.6 is 0 Å². The van der Waals surface area contributed by atoms with E-state index in [2.05, 4.69) is 143 Å². The first kappa shape index (κ1) is 22.8. The van der Waals surface area contributed by atoms with E-state index in [1.807, 2.05) is 12.1 Å². The third-order valence-corrected chi connectivity index (χ3v) is 9.08. The number of rotatable bonds is 2. The van der Waals surface area contributed by atoms with Gasteiger partial charge in [-0.2, -0.15) is 0 Å². The summed E-state index contributed by atoms with van der Waals surface area (Å²) in [6.07, 6.45) is 0. The Hall–Kier alpha value is -5.80. The van der Waals surface area contributed by atoms with Gasteiger partial charge in [0.1, 0.15) is 11.2 Å². The Kier molecular flexibility index (Phi) is 4.45. The first-order valence-electron chi connectivity index (χ1n) is 14.7. The molecule has 0 radical (unpaired) electrons. The van der Waals surface area contributed by atoms with Crippen molar-refractivity contribution >= 4 is 76.3 Å². The molecule has 0 fully saturated rings. The van der Waals surface area contributed by atoms with Gasteiger partial charge in [-0.25, -0.2) is 0 Å². The predicted octanol–water partition coefficient (Wildman–Crippen LogP) is 10.9. The van der Waals surface area contributed by atoms with Crippen molar-refractivity contribution in [1.82, 2.24) is 9.13 Å². The van der Waals surface area contributed by atoms with Crippen molar-refractivity contribution in [1.29, 1.82) is 0 Å². The maximum absolute atomic E-state index is 6.31. The largest absolute Gasteiger partial charge is 0.456 e. The minimum absolute atomic E-state index is 0.901. The van der Waals surface area contributed by atoms with Crippen molar-refractivity contribution in [3.05, 3.63) is 146 Å². The van der Waals surface area contributed by atoms with Gasteiger partial charge < -0.3 is 13.6 Å². The lowest BCUT2D eigenvalue weighted by Crippen LogP contribution is -1.95. The zero-order valence-electron chi connectivity index (χ0n) is 23.2. The standard InChI is InChI=1S/C40H24N2O/c1-2-10-26-23-27(18-17-25(26)9-1)41-33-14-6-3-12-31(33)39-35(41)21-22-36-40(39)32-13-4-7-15-34(32)42(36)28-19-20-30-29-11-5-8-16-37(29)43-38(30)24-28/h1-24H. The van der Waals surface area contributed by atoms with Gasteiger partial charge in [-0.05, 0) is 65.4 Å². The van der Waals surface area contributed by atoms with Crippen LogP contribution in [0.15, 0.2) is 150 Å². The molecule has 0 spiro atoms. The average Bonchev–Trinajstić information content (AvgIpc) is 3.71. The number of aromatic nitrogens is 2. The van der Waals surface area contributed by atoms with Crippen molar-refractivity contribution in [2.75, 3.05) is 0 Å². The molecular weight excluding hydrogens is 524 g/mol. The molecule has 7 aromatic carbocycles. The van der Waals surface area contributed by atoms with E-state index in [-0.39, 0.29) is 0 Å². The summed E-state index contributed by atoms with van der Waals surface area (Å²) in [7, 11) is 0. The molecule has 3 heterocycles. The van der Waals surface area contributed by atoms with E-state index in [4.69, 9.17) is 4.42 Å². The minimum atomic E-state index is 0.901. The van der Waals surface area contributed by atoms with E-state index < -0.39 is 0 Å². The van der Waals surface area contributed by atoms with Crippen LogP contribution in [-0.2, 0) is 0 Å². The molecule has 0 atom stereocenters. The van der Waals surface area contributed by atoms with Crippen LogP contribution in [0.5, 0.6) is 0 Å². The second-order valence-electron chi connectivity index (χ2n) is 11.4. The molecule has 3 heteroatoms. The summed E-state index contributed by atoms with van der Waals surface area (Å²) in [6.45, 7) is 0. The second-order valence-corrected chi connectivity index (χ2v) is 11.4. The minimum Gasteiger partial charge on any atom is -0.456 e. The Morgan fingerprint density at radius 2 is 0.884 bits per heavy atom. The summed E-state index contributed by atoms with van der Waals surface area (Å²) < 4.78 is 11.1. The van der Waals surface area contributed by atoms with E-state index in [1.165, 1.54) is 60.1 Å². The summed E-state index contributed by atoms with van der Waals surface area (Å²) in [5.74, 6) is 0. The molecule has 0 saturated heterocycles. The predicted molar refractivity (Wildman–Crippen MR) is 180 cm³/mol. The molecule has 0 aliphatic rings. The second kappa shape index (κ2) is 8.37. The number of nitrogens with zero attached hydrogens (tertiary/aromatic N) is 2. The highest BCUT2D eigenvalue weighted by Gasteiger charge is 2.21. The van der Waals surface area contributed by atoms with Gasteiger partial charge in [0.05, 0.1) is 22.1 Å². The van der Waals surface area contributed by atoms with Crippen molar-refractivity contribution in [2.45, 2.75) is 0 Å². The highest BCUT2D eigenvalue weighted by Crippen LogP contribution is 2.43. The van der Waals surface area contributed by atoms with Crippen LogP contribution in [0.2, 0.25) is 0 Å². The number of fused-ring (bicyclic) bond motifs is 11. The third kappa shape index (κ3) is 3.08. The van der Waals surface area contributed by atoms with Crippen LogP contribution in [0.4, 0.5) is 0 Å². The quantitative estimate of drug-likeness (QED) is 0.211. The Morgan fingerprint density at radius 1 is 0.349 bits per heavy atom. The lowest BCUT2D eigenvalue weighted by atomic mass is 10.1. The highest BCUT2D eigenvalue weighted by atomic mass is 16.3. The fraction of sp³-hybridized carbons (Fsp3) is 0. The smallest absolute Gasteiger partial charge is 0.137 e. The van der Waals surface area contributed by atoms with E-state index in [0.717, 1.165) is 27.6 Å². The van der Waals surface area contributed by atoms with Crippen molar-refractivity contribution < 1.29 is 4.42 Å². The van der Waals surface area contributed by atoms with Gasteiger partial charge in [-0.15, -0.1) is 0 Å². The summed E-state index contributed by atoms with van der Waals surface area (Å²) >= 11 is 0. The summed E-state index contributed by atoms with van der Waals surface area (Å²) in [4.78, 5) is 0. The molecule has 0 bridgehead atoms. The molecule has 0 saturated carbocycles. The number of para-hydroxylation sites is 3. The van der Waals surface area contributed by atoms with Crippen molar-refractivity contribution in [3.8, 4) is 11.4 Å². The molecule has 43 heavy (non-hydrogen) atoms. The van der Waals surface area contributed by atoms with Gasteiger partial charge in [0.25, 0.3) is 0 Å². The van der Waals surface area contributed by atoms with Gasteiger partial charge >= 0.3 is 0 Å². The van der Waals surface area contributed by atoms with Crippen LogP contribution in [-0.4, -0.2) is 9.13 Å². The summed E-state index contributed by atoms with van der Waals surface area (Å²) in [5.41, 5.74) is 8.87. The van der Waals surface area contributed by atoms with Crippen molar-refractivity contribution in [2.24, 2.45) is 0 Å². The first-order valence-corrected chi connectivity index (χ1v) is 14.7. The number of furan rings is 1. The van der Waals surface area contributed by atoms with Crippen molar-refractivity contribution in [3.63, 3.8) is 0 Å². The van der Waals surface area contributed by atoms with Crippen LogP contribution in [0.3, 0.4) is 0 Å². The van der Waals surface area contributed by atoms with E-state index in [0.29, 0.717) is 0 Å². The zero-order valence-corrected chi connectivity index (χ0v) is 23.2. The molecule has 3 nitrogen and oxygen atoms in total. The van der Waals surface area contributed by atoms with Gasteiger partial charge in [0.15, 0.2) is 0 Å². The molecule has 0 N–H and O–H groups in total. The molecule has 0 aliphatic heterocycles. The number of hydrogen-bond donors (Lipinski definition) is 0. The lowest BCUT2D eigenvalue weighted by molar-refractivity contribution is 0.668. The molecule has 3 aromatic heterocycles. The van der Waals surface area contributed by atoms with Crippen LogP contribution < -0.4 is 0 Å². The Morgan fingerprint density at radius 3 is 1.60 bits per heavy atom. The van der Waals surface area contributed by atoms with Gasteiger partial charge in [0.2, 0.25) is 0 Å². The summed E-state index contributed by atoms with van der Waals surface area (Å²) in [6, 6.07) is 52.4.